The molecule has 19 heavy (non-hydrogen) atoms. The van der Waals surface area contributed by atoms with Crippen LogP contribution in [0.3, 0.4) is 0 Å². The van der Waals surface area contributed by atoms with Gasteiger partial charge in [0, 0.05) is 12.5 Å². The number of carbonyl (C=O) groups excluding carboxylic acids is 1. The zero-order chi connectivity index (χ0) is 13.2. The van der Waals surface area contributed by atoms with Gasteiger partial charge in [0.2, 0.25) is 5.91 Å². The average Bonchev–Trinajstić information content (AvgIpc) is 3.31. The molecule has 3 heteroatoms. The number of hydrogen-bond acceptors (Lipinski definition) is 2. The van der Waals surface area contributed by atoms with Gasteiger partial charge in [-0.15, -0.1) is 0 Å². The van der Waals surface area contributed by atoms with Gasteiger partial charge < -0.3 is 11.1 Å². The van der Waals surface area contributed by atoms with Gasteiger partial charge >= 0.3 is 0 Å². The van der Waals surface area contributed by atoms with Crippen LogP contribution in [-0.4, -0.2) is 19.0 Å². The van der Waals surface area contributed by atoms with E-state index in [1.807, 2.05) is 0 Å². The molecule has 0 saturated heterocycles. The third-order valence-electron chi connectivity index (χ3n) is 5.52. The summed E-state index contributed by atoms with van der Waals surface area (Å²) in [5.41, 5.74) is 5.82. The number of rotatable bonds is 6. The fourth-order valence-corrected chi connectivity index (χ4v) is 3.95. The SMILES string of the molecule is NCC1CCCCC1C(=O)NCC(C1CC1)C1CC1. The minimum absolute atomic E-state index is 0.192. The molecule has 3 saturated carbocycles. The molecular weight excluding hydrogens is 236 g/mol. The van der Waals surface area contributed by atoms with Gasteiger partial charge in [0.15, 0.2) is 0 Å². The lowest BCUT2D eigenvalue weighted by Crippen LogP contribution is -2.41. The summed E-state index contributed by atoms with van der Waals surface area (Å²) in [4.78, 5) is 12.4. The van der Waals surface area contributed by atoms with E-state index >= 15 is 0 Å². The Morgan fingerprint density at radius 3 is 2.26 bits per heavy atom. The second kappa shape index (κ2) is 5.82. The smallest absolute Gasteiger partial charge is 0.223 e. The van der Waals surface area contributed by atoms with Crippen molar-refractivity contribution in [2.75, 3.05) is 13.1 Å². The van der Waals surface area contributed by atoms with Crippen molar-refractivity contribution in [3.8, 4) is 0 Å². The maximum Gasteiger partial charge on any atom is 0.223 e. The highest BCUT2D eigenvalue weighted by atomic mass is 16.1. The highest BCUT2D eigenvalue weighted by Crippen LogP contribution is 2.48. The van der Waals surface area contributed by atoms with Gasteiger partial charge in [-0.05, 0) is 68.7 Å². The Bertz CT molecular complexity index is 311. The summed E-state index contributed by atoms with van der Waals surface area (Å²) in [5, 5.41) is 3.26. The van der Waals surface area contributed by atoms with Gasteiger partial charge in [-0.3, -0.25) is 4.79 Å². The molecule has 0 aromatic heterocycles. The minimum atomic E-state index is 0.192. The molecule has 0 spiro atoms. The standard InChI is InChI=1S/C16H28N2O/c17-9-13-3-1-2-4-14(13)16(19)18-10-15(11-5-6-11)12-7-8-12/h11-15H,1-10,17H2,(H,18,19). The normalized spacial score (nSPS) is 31.5. The number of nitrogens with two attached hydrogens (primary N) is 1. The predicted octanol–water partition coefficient (Wildman–Crippen LogP) is 2.30. The highest BCUT2D eigenvalue weighted by molar-refractivity contribution is 5.79. The molecule has 2 unspecified atom stereocenters. The first-order valence-corrected chi connectivity index (χ1v) is 8.27. The average molecular weight is 264 g/mol. The summed E-state index contributed by atoms with van der Waals surface area (Å²) in [7, 11) is 0. The maximum absolute atomic E-state index is 12.4. The van der Waals surface area contributed by atoms with E-state index in [0.717, 1.165) is 37.1 Å². The Labute approximate surface area is 116 Å². The topological polar surface area (TPSA) is 55.1 Å². The molecule has 3 N–H and O–H groups in total. The summed E-state index contributed by atoms with van der Waals surface area (Å²) in [5.74, 6) is 3.53. The second-order valence-electron chi connectivity index (χ2n) is 6.97. The van der Waals surface area contributed by atoms with Crippen LogP contribution >= 0.6 is 0 Å². The molecule has 3 nitrogen and oxygen atoms in total. The van der Waals surface area contributed by atoms with Crippen molar-refractivity contribution in [2.24, 2.45) is 35.3 Å². The monoisotopic (exact) mass is 264 g/mol. The molecule has 0 heterocycles. The molecule has 2 atom stereocenters. The third kappa shape index (κ3) is 3.31. The number of hydrogen-bond donors (Lipinski definition) is 2. The van der Waals surface area contributed by atoms with Crippen molar-refractivity contribution in [1.82, 2.24) is 5.32 Å². The van der Waals surface area contributed by atoms with E-state index in [1.54, 1.807) is 0 Å². The van der Waals surface area contributed by atoms with Gasteiger partial charge in [-0.1, -0.05) is 12.8 Å². The van der Waals surface area contributed by atoms with Crippen molar-refractivity contribution < 1.29 is 4.79 Å². The molecule has 0 bridgehead atoms. The van der Waals surface area contributed by atoms with E-state index in [1.165, 1.54) is 38.5 Å². The fraction of sp³-hybridized carbons (Fsp3) is 0.938. The van der Waals surface area contributed by atoms with Crippen molar-refractivity contribution in [2.45, 2.75) is 51.4 Å². The van der Waals surface area contributed by atoms with Gasteiger partial charge in [-0.25, -0.2) is 0 Å². The molecule has 0 aromatic rings. The maximum atomic E-state index is 12.4. The molecule has 0 aromatic carbocycles. The van der Waals surface area contributed by atoms with E-state index in [4.69, 9.17) is 5.73 Å². The minimum Gasteiger partial charge on any atom is -0.356 e. The van der Waals surface area contributed by atoms with Crippen LogP contribution < -0.4 is 11.1 Å². The molecule has 3 aliphatic rings. The van der Waals surface area contributed by atoms with E-state index in [0.29, 0.717) is 18.4 Å². The summed E-state index contributed by atoms with van der Waals surface area (Å²) in [6.07, 6.45) is 10.2. The predicted molar refractivity (Wildman–Crippen MR) is 76.5 cm³/mol. The van der Waals surface area contributed by atoms with Crippen LogP contribution in [-0.2, 0) is 4.79 Å². The number of nitrogens with one attached hydrogen (secondary N) is 1. The molecule has 3 fully saturated rings. The lowest BCUT2D eigenvalue weighted by atomic mass is 9.78. The zero-order valence-corrected chi connectivity index (χ0v) is 11.9. The highest BCUT2D eigenvalue weighted by Gasteiger charge is 2.41. The molecule has 0 radical (unpaired) electrons. The third-order valence-corrected chi connectivity index (χ3v) is 5.52. The molecule has 1 amide bonds. The Hall–Kier alpha value is -0.570. The largest absolute Gasteiger partial charge is 0.356 e. The van der Waals surface area contributed by atoms with Crippen molar-refractivity contribution in [1.29, 1.82) is 0 Å². The van der Waals surface area contributed by atoms with E-state index < -0.39 is 0 Å². The van der Waals surface area contributed by atoms with Crippen LogP contribution in [0.4, 0.5) is 0 Å². The summed E-state index contributed by atoms with van der Waals surface area (Å²) in [6.45, 7) is 1.61. The molecule has 3 rings (SSSR count). The van der Waals surface area contributed by atoms with Crippen LogP contribution in [0.1, 0.15) is 51.4 Å². The number of amides is 1. The van der Waals surface area contributed by atoms with Gasteiger partial charge in [0.1, 0.15) is 0 Å². The van der Waals surface area contributed by atoms with Crippen molar-refractivity contribution in [3.05, 3.63) is 0 Å². The lowest BCUT2D eigenvalue weighted by Gasteiger charge is -2.30. The first kappa shape index (κ1) is 13.4. The lowest BCUT2D eigenvalue weighted by molar-refractivity contribution is -0.127. The second-order valence-corrected chi connectivity index (χ2v) is 6.97. The number of carbonyl (C=O) groups is 1. The molecular formula is C16H28N2O. The summed E-state index contributed by atoms with van der Waals surface area (Å²) >= 11 is 0. The van der Waals surface area contributed by atoms with Crippen LogP contribution in [0.2, 0.25) is 0 Å². The molecule has 3 aliphatic carbocycles. The Morgan fingerprint density at radius 2 is 1.68 bits per heavy atom. The zero-order valence-electron chi connectivity index (χ0n) is 11.9. The Balaban J connectivity index is 1.49. The van der Waals surface area contributed by atoms with Gasteiger partial charge in [-0.2, -0.15) is 0 Å². The van der Waals surface area contributed by atoms with Gasteiger partial charge in [0.05, 0.1) is 0 Å². The summed E-state index contributed by atoms with van der Waals surface area (Å²) < 4.78 is 0. The van der Waals surface area contributed by atoms with Gasteiger partial charge in [0.25, 0.3) is 0 Å². The Kier molecular flexibility index (Phi) is 4.11. The summed E-state index contributed by atoms with van der Waals surface area (Å²) in [6, 6.07) is 0. The fourth-order valence-electron chi connectivity index (χ4n) is 3.95. The van der Waals surface area contributed by atoms with Crippen molar-refractivity contribution in [3.63, 3.8) is 0 Å². The van der Waals surface area contributed by atoms with Crippen LogP contribution in [0, 0.1) is 29.6 Å². The van der Waals surface area contributed by atoms with Crippen LogP contribution in [0.25, 0.3) is 0 Å². The molecule has 0 aliphatic heterocycles. The Morgan fingerprint density at radius 1 is 1.05 bits per heavy atom. The van der Waals surface area contributed by atoms with Crippen LogP contribution in [0.15, 0.2) is 0 Å². The van der Waals surface area contributed by atoms with Crippen molar-refractivity contribution >= 4 is 5.91 Å². The van der Waals surface area contributed by atoms with Crippen LogP contribution in [0.5, 0.6) is 0 Å². The first-order chi connectivity index (χ1) is 9.29. The van der Waals surface area contributed by atoms with E-state index in [9.17, 15) is 4.79 Å². The quantitative estimate of drug-likeness (QED) is 0.773. The van der Waals surface area contributed by atoms with E-state index in [2.05, 4.69) is 5.32 Å². The molecule has 108 valence electrons. The van der Waals surface area contributed by atoms with E-state index in [-0.39, 0.29) is 5.92 Å². The first-order valence-electron chi connectivity index (χ1n) is 8.27.